The first-order chi connectivity index (χ1) is 12.5. The molecular formula is C16H12F5NO4S. The molecule has 0 unspecified atom stereocenters. The molecule has 146 valence electrons. The first-order valence-corrected chi connectivity index (χ1v) is 9.02. The van der Waals surface area contributed by atoms with E-state index in [-0.39, 0.29) is 11.3 Å². The van der Waals surface area contributed by atoms with Gasteiger partial charge >= 0.3 is 5.97 Å². The molecule has 0 atom stereocenters. The molecule has 0 aliphatic heterocycles. The number of para-hydroxylation sites is 1. The summed E-state index contributed by atoms with van der Waals surface area (Å²) >= 11 is 0. The number of benzene rings is 2. The predicted molar refractivity (Wildman–Crippen MR) is 85.0 cm³/mol. The fourth-order valence-electron chi connectivity index (χ4n) is 2.09. The Labute approximate surface area is 151 Å². The second-order valence-corrected chi connectivity index (χ2v) is 7.39. The summed E-state index contributed by atoms with van der Waals surface area (Å²) in [6, 6.07) is 5.25. The fourth-order valence-corrected chi connectivity index (χ4v) is 2.61. The number of carbonyl (C=O) groups excluding carboxylic acids is 1. The molecule has 0 amide bonds. The Bertz CT molecular complexity index is 981. The second-order valence-electron chi connectivity index (χ2n) is 5.37. The highest BCUT2D eigenvalue weighted by molar-refractivity contribution is 7.92. The van der Waals surface area contributed by atoms with Crippen LogP contribution < -0.4 is 4.31 Å². The average Bonchev–Trinajstić information content (AvgIpc) is 2.63. The third-order valence-electron chi connectivity index (χ3n) is 3.61. The summed E-state index contributed by atoms with van der Waals surface area (Å²) < 4.78 is 95.3. The van der Waals surface area contributed by atoms with E-state index < -0.39 is 57.2 Å². The summed E-state index contributed by atoms with van der Waals surface area (Å²) in [4.78, 5) is 12.2. The summed E-state index contributed by atoms with van der Waals surface area (Å²) in [5.74, 6) is -12.1. The highest BCUT2D eigenvalue weighted by Crippen LogP contribution is 2.26. The molecular weight excluding hydrogens is 397 g/mol. The van der Waals surface area contributed by atoms with Gasteiger partial charge in [-0.15, -0.1) is 0 Å². The van der Waals surface area contributed by atoms with Crippen LogP contribution in [0.1, 0.15) is 15.9 Å². The van der Waals surface area contributed by atoms with Gasteiger partial charge in [-0.2, -0.15) is 0 Å². The van der Waals surface area contributed by atoms with Crippen LogP contribution in [0.25, 0.3) is 0 Å². The lowest BCUT2D eigenvalue weighted by Gasteiger charge is -2.19. The first kappa shape index (κ1) is 20.6. The van der Waals surface area contributed by atoms with Crippen LogP contribution in [0.2, 0.25) is 0 Å². The number of carbonyl (C=O) groups is 1. The van der Waals surface area contributed by atoms with E-state index in [1.165, 1.54) is 24.3 Å². The monoisotopic (exact) mass is 409 g/mol. The number of ether oxygens (including phenoxy) is 1. The number of halogens is 5. The number of rotatable bonds is 5. The molecule has 2 aromatic carbocycles. The molecule has 2 aromatic rings. The van der Waals surface area contributed by atoms with Crippen LogP contribution in [-0.2, 0) is 21.4 Å². The van der Waals surface area contributed by atoms with Crippen LogP contribution in [0.15, 0.2) is 24.3 Å². The van der Waals surface area contributed by atoms with Crippen LogP contribution in [0.4, 0.5) is 27.6 Å². The lowest BCUT2D eigenvalue weighted by molar-refractivity contribution is 0.0463. The molecule has 0 fully saturated rings. The third-order valence-corrected chi connectivity index (χ3v) is 4.80. The standard InChI is InChI=1S/C16H12F5NO4S/c1-22(27(2,24)25)10-6-4-3-5-8(10)16(23)26-7-9-11(17)13(19)15(21)14(20)12(9)18/h3-6H,7H2,1-2H3. The zero-order valence-corrected chi connectivity index (χ0v) is 14.7. The Hall–Kier alpha value is -2.69. The van der Waals surface area contributed by atoms with E-state index in [0.717, 1.165) is 17.6 Å². The molecule has 0 N–H and O–H groups in total. The molecule has 0 radical (unpaired) electrons. The quantitative estimate of drug-likeness (QED) is 0.330. The Balaban J connectivity index is 2.34. The molecule has 0 spiro atoms. The van der Waals surface area contributed by atoms with Crippen LogP contribution in [0, 0.1) is 29.1 Å². The third kappa shape index (κ3) is 4.02. The highest BCUT2D eigenvalue weighted by atomic mass is 32.2. The minimum Gasteiger partial charge on any atom is -0.457 e. The summed E-state index contributed by atoms with van der Waals surface area (Å²) in [6.07, 6.45) is 0.879. The number of sulfonamides is 1. The summed E-state index contributed by atoms with van der Waals surface area (Å²) in [5, 5.41) is 0. The van der Waals surface area contributed by atoms with Crippen molar-refractivity contribution in [3.63, 3.8) is 0 Å². The largest absolute Gasteiger partial charge is 0.457 e. The van der Waals surface area contributed by atoms with Gasteiger partial charge in [0.1, 0.15) is 6.61 Å². The summed E-state index contributed by atoms with van der Waals surface area (Å²) in [6.45, 7) is -1.25. The topological polar surface area (TPSA) is 63.7 Å². The predicted octanol–water partition coefficient (Wildman–Crippen LogP) is 3.13. The smallest absolute Gasteiger partial charge is 0.340 e. The number of esters is 1. The van der Waals surface area contributed by atoms with Gasteiger partial charge in [0.2, 0.25) is 15.8 Å². The van der Waals surface area contributed by atoms with Crippen LogP contribution in [0.3, 0.4) is 0 Å². The Morgan fingerprint density at radius 3 is 1.96 bits per heavy atom. The van der Waals surface area contributed by atoms with Crippen LogP contribution in [0.5, 0.6) is 0 Å². The molecule has 0 aromatic heterocycles. The molecule has 0 bridgehead atoms. The van der Waals surface area contributed by atoms with E-state index >= 15 is 0 Å². The SMILES string of the molecule is CN(c1ccccc1C(=O)OCc1c(F)c(F)c(F)c(F)c1F)S(C)(=O)=O. The van der Waals surface area contributed by atoms with Crippen molar-refractivity contribution in [2.45, 2.75) is 6.61 Å². The van der Waals surface area contributed by atoms with Crippen molar-refractivity contribution in [2.75, 3.05) is 17.6 Å². The van der Waals surface area contributed by atoms with E-state index in [1.54, 1.807) is 0 Å². The molecule has 2 rings (SSSR count). The molecule has 0 heterocycles. The highest BCUT2D eigenvalue weighted by Gasteiger charge is 2.27. The van der Waals surface area contributed by atoms with E-state index in [2.05, 4.69) is 4.74 Å². The van der Waals surface area contributed by atoms with Gasteiger partial charge in [-0.25, -0.2) is 35.2 Å². The van der Waals surface area contributed by atoms with Crippen molar-refractivity contribution in [1.29, 1.82) is 0 Å². The maximum absolute atomic E-state index is 13.6. The van der Waals surface area contributed by atoms with Crippen LogP contribution in [-0.4, -0.2) is 27.7 Å². The Morgan fingerprint density at radius 2 is 1.44 bits per heavy atom. The van der Waals surface area contributed by atoms with Gasteiger partial charge in [-0.3, -0.25) is 4.31 Å². The molecule has 11 heteroatoms. The molecule has 5 nitrogen and oxygen atoms in total. The molecule has 0 aliphatic rings. The number of anilines is 1. The Morgan fingerprint density at radius 1 is 0.963 bits per heavy atom. The van der Waals surface area contributed by atoms with Crippen molar-refractivity contribution < 1.29 is 39.9 Å². The normalized spacial score (nSPS) is 11.4. The van der Waals surface area contributed by atoms with Gasteiger partial charge < -0.3 is 4.74 Å². The van der Waals surface area contributed by atoms with Crippen molar-refractivity contribution in [2.24, 2.45) is 0 Å². The maximum atomic E-state index is 13.6. The lowest BCUT2D eigenvalue weighted by atomic mass is 10.1. The van der Waals surface area contributed by atoms with Crippen molar-refractivity contribution in [3.05, 3.63) is 64.5 Å². The van der Waals surface area contributed by atoms with Crippen molar-refractivity contribution in [3.8, 4) is 0 Å². The minimum absolute atomic E-state index is 0.0950. The average molecular weight is 409 g/mol. The molecule has 0 saturated carbocycles. The minimum atomic E-state index is -3.74. The lowest BCUT2D eigenvalue weighted by Crippen LogP contribution is -2.27. The van der Waals surface area contributed by atoms with Gasteiger partial charge in [-0.05, 0) is 12.1 Å². The van der Waals surface area contributed by atoms with Crippen molar-refractivity contribution >= 4 is 21.7 Å². The zero-order valence-electron chi connectivity index (χ0n) is 13.9. The van der Waals surface area contributed by atoms with Gasteiger partial charge in [-0.1, -0.05) is 12.1 Å². The molecule has 0 aliphatic carbocycles. The Kier molecular flexibility index (Phi) is 5.73. The van der Waals surface area contributed by atoms with E-state index in [9.17, 15) is 35.2 Å². The van der Waals surface area contributed by atoms with Gasteiger partial charge in [0.25, 0.3) is 0 Å². The van der Waals surface area contributed by atoms with Crippen molar-refractivity contribution in [1.82, 2.24) is 0 Å². The summed E-state index contributed by atoms with van der Waals surface area (Å²) in [7, 11) is -2.59. The summed E-state index contributed by atoms with van der Waals surface area (Å²) in [5.41, 5.74) is -1.70. The van der Waals surface area contributed by atoms with E-state index in [4.69, 9.17) is 0 Å². The van der Waals surface area contributed by atoms with E-state index in [0.29, 0.717) is 0 Å². The number of nitrogens with zero attached hydrogens (tertiary/aromatic N) is 1. The fraction of sp³-hybridized carbons (Fsp3) is 0.188. The van der Waals surface area contributed by atoms with Crippen LogP contribution >= 0.6 is 0 Å². The molecule has 0 saturated heterocycles. The first-order valence-electron chi connectivity index (χ1n) is 7.17. The van der Waals surface area contributed by atoms with Gasteiger partial charge in [0.15, 0.2) is 23.3 Å². The second kappa shape index (κ2) is 7.51. The zero-order chi connectivity index (χ0) is 20.5. The number of hydrogen-bond acceptors (Lipinski definition) is 4. The maximum Gasteiger partial charge on any atom is 0.340 e. The molecule has 27 heavy (non-hydrogen) atoms. The van der Waals surface area contributed by atoms with Gasteiger partial charge in [0.05, 0.1) is 23.1 Å². The number of hydrogen-bond donors (Lipinski definition) is 0. The van der Waals surface area contributed by atoms with Gasteiger partial charge in [0, 0.05) is 7.05 Å². The van der Waals surface area contributed by atoms with E-state index in [1.807, 2.05) is 0 Å².